The quantitative estimate of drug-likeness (QED) is 0.864. The van der Waals surface area contributed by atoms with E-state index in [-0.39, 0.29) is 6.04 Å². The monoisotopic (exact) mass is 270 g/mol. The third kappa shape index (κ3) is 3.30. The maximum Gasteiger partial charge on any atom is 0.0346 e. The highest BCUT2D eigenvalue weighted by Crippen LogP contribution is 2.27. The molecule has 1 aromatic rings. The summed E-state index contributed by atoms with van der Waals surface area (Å²) in [5.41, 5.74) is 7.46. The van der Waals surface area contributed by atoms with E-state index in [1.807, 2.05) is 25.2 Å². The summed E-state index contributed by atoms with van der Waals surface area (Å²) in [4.78, 5) is 0. The van der Waals surface area contributed by atoms with E-state index >= 15 is 0 Å². The van der Waals surface area contributed by atoms with E-state index in [9.17, 15) is 0 Å². The zero-order valence-corrected chi connectivity index (χ0v) is 10.9. The first kappa shape index (κ1) is 12.7. The van der Waals surface area contributed by atoms with Crippen LogP contribution in [0.15, 0.2) is 28.7 Å². The van der Waals surface area contributed by atoms with Crippen molar-refractivity contribution in [3.63, 3.8) is 0 Å². The Hall–Kier alpha value is -0.380. The molecule has 2 atom stereocenters. The molecule has 15 heavy (non-hydrogen) atoms. The Bertz CT molecular complexity index is 301. The maximum atomic E-state index is 6.27. The van der Waals surface area contributed by atoms with Gasteiger partial charge < -0.3 is 11.1 Å². The lowest BCUT2D eigenvalue weighted by Gasteiger charge is -2.23. The van der Waals surface area contributed by atoms with Crippen molar-refractivity contribution in [2.75, 3.05) is 13.6 Å². The summed E-state index contributed by atoms with van der Waals surface area (Å²) in [6, 6.07) is 8.28. The highest BCUT2D eigenvalue weighted by molar-refractivity contribution is 9.10. The Morgan fingerprint density at radius 1 is 1.40 bits per heavy atom. The largest absolute Gasteiger partial charge is 0.324 e. The summed E-state index contributed by atoms with van der Waals surface area (Å²) in [6.07, 6.45) is 1.09. The van der Waals surface area contributed by atoms with E-state index < -0.39 is 0 Å². The molecule has 0 fully saturated rings. The first-order valence-corrected chi connectivity index (χ1v) is 6.14. The average molecular weight is 271 g/mol. The molecule has 84 valence electrons. The zero-order valence-electron chi connectivity index (χ0n) is 9.33. The smallest absolute Gasteiger partial charge is 0.0346 e. The Kier molecular flexibility index (Phi) is 5.29. The molecule has 1 aromatic carbocycles. The Morgan fingerprint density at radius 3 is 2.60 bits per heavy atom. The van der Waals surface area contributed by atoms with E-state index in [0.29, 0.717) is 5.92 Å². The van der Waals surface area contributed by atoms with Crippen LogP contribution < -0.4 is 11.1 Å². The molecule has 0 saturated heterocycles. The summed E-state index contributed by atoms with van der Waals surface area (Å²) in [5.74, 6) is 0.480. The van der Waals surface area contributed by atoms with Gasteiger partial charge in [0.25, 0.3) is 0 Å². The fourth-order valence-corrected chi connectivity index (χ4v) is 2.34. The van der Waals surface area contributed by atoms with Crippen molar-refractivity contribution < 1.29 is 0 Å². The van der Waals surface area contributed by atoms with E-state index in [4.69, 9.17) is 5.73 Å². The molecule has 0 aromatic heterocycles. The molecule has 2 unspecified atom stereocenters. The molecule has 0 radical (unpaired) electrons. The summed E-state index contributed by atoms with van der Waals surface area (Å²) < 4.78 is 1.10. The zero-order chi connectivity index (χ0) is 11.3. The molecule has 0 aliphatic heterocycles. The van der Waals surface area contributed by atoms with Gasteiger partial charge in [0.2, 0.25) is 0 Å². The number of benzene rings is 1. The van der Waals surface area contributed by atoms with Crippen LogP contribution in [-0.2, 0) is 0 Å². The van der Waals surface area contributed by atoms with Crippen LogP contribution in [0.4, 0.5) is 0 Å². The van der Waals surface area contributed by atoms with Gasteiger partial charge in [-0.05, 0) is 31.1 Å². The molecule has 0 aliphatic rings. The number of hydrogen-bond acceptors (Lipinski definition) is 2. The SMILES string of the molecule is CCC(CNC)C(N)c1ccccc1Br. The lowest BCUT2D eigenvalue weighted by Crippen LogP contribution is -2.29. The molecule has 0 amide bonds. The number of rotatable bonds is 5. The summed E-state index contributed by atoms with van der Waals surface area (Å²) in [7, 11) is 1.97. The van der Waals surface area contributed by atoms with Crippen molar-refractivity contribution in [3.05, 3.63) is 34.3 Å². The molecule has 1 rings (SSSR count). The topological polar surface area (TPSA) is 38.0 Å². The van der Waals surface area contributed by atoms with Gasteiger partial charge in [-0.2, -0.15) is 0 Å². The molecule has 0 saturated carbocycles. The fourth-order valence-electron chi connectivity index (χ4n) is 1.79. The van der Waals surface area contributed by atoms with Crippen molar-refractivity contribution in [3.8, 4) is 0 Å². The molecule has 0 spiro atoms. The third-order valence-electron chi connectivity index (χ3n) is 2.76. The van der Waals surface area contributed by atoms with Gasteiger partial charge >= 0.3 is 0 Å². The maximum absolute atomic E-state index is 6.27. The van der Waals surface area contributed by atoms with Crippen LogP contribution in [0, 0.1) is 5.92 Å². The first-order chi connectivity index (χ1) is 7.20. The van der Waals surface area contributed by atoms with Crippen LogP contribution in [0.2, 0.25) is 0 Å². The summed E-state index contributed by atoms with van der Waals surface area (Å²) in [6.45, 7) is 3.14. The van der Waals surface area contributed by atoms with E-state index in [1.165, 1.54) is 5.56 Å². The normalized spacial score (nSPS) is 14.9. The van der Waals surface area contributed by atoms with Gasteiger partial charge in [-0.15, -0.1) is 0 Å². The lowest BCUT2D eigenvalue weighted by molar-refractivity contribution is 0.402. The fraction of sp³-hybridized carbons (Fsp3) is 0.500. The van der Waals surface area contributed by atoms with E-state index in [0.717, 1.165) is 17.4 Å². The van der Waals surface area contributed by atoms with Crippen LogP contribution in [0.5, 0.6) is 0 Å². The van der Waals surface area contributed by atoms with Crippen LogP contribution in [0.1, 0.15) is 24.9 Å². The van der Waals surface area contributed by atoms with Gasteiger partial charge in [0.05, 0.1) is 0 Å². The molecule has 3 N–H and O–H groups in total. The molecule has 0 heterocycles. The molecular formula is C12H19BrN2. The molecular weight excluding hydrogens is 252 g/mol. The summed E-state index contributed by atoms with van der Waals surface area (Å²) in [5, 5.41) is 3.19. The van der Waals surface area contributed by atoms with Crippen molar-refractivity contribution in [1.82, 2.24) is 5.32 Å². The lowest BCUT2D eigenvalue weighted by atomic mass is 9.91. The second-order valence-corrected chi connectivity index (χ2v) is 4.63. The van der Waals surface area contributed by atoms with Crippen molar-refractivity contribution in [2.24, 2.45) is 11.7 Å². The molecule has 0 bridgehead atoms. The van der Waals surface area contributed by atoms with E-state index in [1.54, 1.807) is 0 Å². The van der Waals surface area contributed by atoms with Gasteiger partial charge in [-0.1, -0.05) is 47.5 Å². The van der Waals surface area contributed by atoms with Crippen LogP contribution in [0.3, 0.4) is 0 Å². The number of nitrogens with two attached hydrogens (primary N) is 1. The minimum atomic E-state index is 0.0954. The van der Waals surface area contributed by atoms with Crippen LogP contribution >= 0.6 is 15.9 Å². The van der Waals surface area contributed by atoms with E-state index in [2.05, 4.69) is 34.2 Å². The van der Waals surface area contributed by atoms with Gasteiger partial charge in [0, 0.05) is 10.5 Å². The Morgan fingerprint density at radius 2 is 2.07 bits per heavy atom. The highest BCUT2D eigenvalue weighted by atomic mass is 79.9. The summed E-state index contributed by atoms with van der Waals surface area (Å²) >= 11 is 3.55. The van der Waals surface area contributed by atoms with Gasteiger partial charge in [0.1, 0.15) is 0 Å². The van der Waals surface area contributed by atoms with Gasteiger partial charge in [-0.3, -0.25) is 0 Å². The van der Waals surface area contributed by atoms with Crippen molar-refractivity contribution >= 4 is 15.9 Å². The van der Waals surface area contributed by atoms with Crippen LogP contribution in [0.25, 0.3) is 0 Å². The molecule has 2 nitrogen and oxygen atoms in total. The van der Waals surface area contributed by atoms with Crippen molar-refractivity contribution in [2.45, 2.75) is 19.4 Å². The number of hydrogen-bond donors (Lipinski definition) is 2. The first-order valence-electron chi connectivity index (χ1n) is 5.35. The Balaban J connectivity index is 2.82. The number of nitrogens with one attached hydrogen (secondary N) is 1. The second-order valence-electron chi connectivity index (χ2n) is 3.77. The number of halogens is 1. The minimum Gasteiger partial charge on any atom is -0.324 e. The van der Waals surface area contributed by atoms with Crippen molar-refractivity contribution in [1.29, 1.82) is 0 Å². The average Bonchev–Trinajstić information content (AvgIpc) is 2.25. The van der Waals surface area contributed by atoms with Gasteiger partial charge in [0.15, 0.2) is 0 Å². The van der Waals surface area contributed by atoms with Gasteiger partial charge in [-0.25, -0.2) is 0 Å². The highest BCUT2D eigenvalue weighted by Gasteiger charge is 2.18. The molecule has 3 heteroatoms. The predicted octanol–water partition coefficient (Wildman–Crippen LogP) is 2.69. The third-order valence-corrected chi connectivity index (χ3v) is 3.49. The Labute approximate surface area is 100 Å². The molecule has 0 aliphatic carbocycles. The standard InChI is InChI=1S/C12H19BrN2/c1-3-9(8-15-2)12(14)10-6-4-5-7-11(10)13/h4-7,9,12,15H,3,8,14H2,1-2H3. The minimum absolute atomic E-state index is 0.0954. The second kappa shape index (κ2) is 6.26. The van der Waals surface area contributed by atoms with Crippen LogP contribution in [-0.4, -0.2) is 13.6 Å². The predicted molar refractivity (Wildman–Crippen MR) is 68.8 cm³/mol.